The second-order valence-electron chi connectivity index (χ2n) is 5.24. The third-order valence-electron chi connectivity index (χ3n) is 3.49. The molecular formula is C17H21BrN2O2S. The van der Waals surface area contributed by atoms with Gasteiger partial charge in [-0.1, -0.05) is 40.2 Å². The van der Waals surface area contributed by atoms with Crippen LogP contribution >= 0.6 is 15.9 Å². The Hall–Kier alpha value is -1.21. The third kappa shape index (κ3) is 5.42. The van der Waals surface area contributed by atoms with Crippen LogP contribution in [-0.4, -0.2) is 28.6 Å². The smallest absolute Gasteiger partial charge is 0.240 e. The van der Waals surface area contributed by atoms with Gasteiger partial charge in [0.15, 0.2) is 0 Å². The first-order chi connectivity index (χ1) is 11.0. The van der Waals surface area contributed by atoms with E-state index in [1.807, 2.05) is 43.4 Å². The molecule has 0 aromatic heterocycles. The van der Waals surface area contributed by atoms with Crippen LogP contribution in [0.15, 0.2) is 57.9 Å². The van der Waals surface area contributed by atoms with Crippen LogP contribution < -0.4 is 10.0 Å². The number of unbranched alkanes of at least 4 members (excludes halogenated alkanes) is 1. The van der Waals surface area contributed by atoms with Crippen molar-refractivity contribution in [3.05, 3.63) is 53.0 Å². The van der Waals surface area contributed by atoms with E-state index in [2.05, 4.69) is 26.0 Å². The van der Waals surface area contributed by atoms with Crippen LogP contribution in [0.2, 0.25) is 0 Å². The SMILES string of the molecule is CNCCCCNS(=O)(=O)c1ccc(-c2ccc(Br)cc2)cc1. The fraction of sp³-hybridized carbons (Fsp3) is 0.294. The Morgan fingerprint density at radius 3 is 1.96 bits per heavy atom. The normalized spacial score (nSPS) is 11.6. The molecule has 0 aliphatic heterocycles. The van der Waals surface area contributed by atoms with Crippen molar-refractivity contribution in [1.82, 2.24) is 10.0 Å². The molecule has 0 unspecified atom stereocenters. The molecule has 6 heteroatoms. The van der Waals surface area contributed by atoms with Crippen LogP contribution in [-0.2, 0) is 10.0 Å². The molecule has 2 aromatic carbocycles. The predicted molar refractivity (Wildman–Crippen MR) is 97.9 cm³/mol. The summed E-state index contributed by atoms with van der Waals surface area (Å²) in [5.74, 6) is 0. The summed E-state index contributed by atoms with van der Waals surface area (Å²) in [5, 5.41) is 3.04. The summed E-state index contributed by atoms with van der Waals surface area (Å²) in [4.78, 5) is 0.298. The summed E-state index contributed by atoms with van der Waals surface area (Å²) in [6, 6.07) is 14.9. The number of sulfonamides is 1. The van der Waals surface area contributed by atoms with Gasteiger partial charge in [0, 0.05) is 11.0 Å². The topological polar surface area (TPSA) is 58.2 Å². The number of nitrogens with one attached hydrogen (secondary N) is 2. The zero-order valence-corrected chi connectivity index (χ0v) is 15.5. The van der Waals surface area contributed by atoms with Crippen molar-refractivity contribution in [2.24, 2.45) is 0 Å². The Morgan fingerprint density at radius 1 is 0.870 bits per heavy atom. The molecule has 0 atom stereocenters. The van der Waals surface area contributed by atoms with E-state index in [0.717, 1.165) is 35.0 Å². The first-order valence-corrected chi connectivity index (χ1v) is 9.81. The first kappa shape index (κ1) is 18.1. The minimum atomic E-state index is -3.43. The lowest BCUT2D eigenvalue weighted by atomic mass is 10.1. The highest BCUT2D eigenvalue weighted by Crippen LogP contribution is 2.23. The molecule has 0 spiro atoms. The van der Waals surface area contributed by atoms with Gasteiger partial charge >= 0.3 is 0 Å². The molecule has 2 aromatic rings. The lowest BCUT2D eigenvalue weighted by Gasteiger charge is -2.08. The quantitative estimate of drug-likeness (QED) is 0.672. The molecule has 124 valence electrons. The summed E-state index contributed by atoms with van der Waals surface area (Å²) < 4.78 is 28.1. The van der Waals surface area contributed by atoms with Gasteiger partial charge < -0.3 is 5.32 Å². The predicted octanol–water partition coefficient (Wildman–Crippen LogP) is 3.39. The molecule has 2 rings (SSSR count). The minimum Gasteiger partial charge on any atom is -0.320 e. The molecule has 0 fully saturated rings. The van der Waals surface area contributed by atoms with E-state index < -0.39 is 10.0 Å². The summed E-state index contributed by atoms with van der Waals surface area (Å²) >= 11 is 3.40. The highest BCUT2D eigenvalue weighted by molar-refractivity contribution is 9.10. The maximum absolute atomic E-state index is 12.2. The van der Waals surface area contributed by atoms with Crippen molar-refractivity contribution in [3.63, 3.8) is 0 Å². The van der Waals surface area contributed by atoms with E-state index in [1.165, 1.54) is 0 Å². The molecule has 0 saturated carbocycles. The molecule has 0 aliphatic carbocycles. The van der Waals surface area contributed by atoms with Crippen molar-refractivity contribution in [2.75, 3.05) is 20.1 Å². The largest absolute Gasteiger partial charge is 0.320 e. The van der Waals surface area contributed by atoms with E-state index in [-0.39, 0.29) is 0 Å². The van der Waals surface area contributed by atoms with Crippen LogP contribution in [0.4, 0.5) is 0 Å². The van der Waals surface area contributed by atoms with Gasteiger partial charge in [-0.2, -0.15) is 0 Å². The Morgan fingerprint density at radius 2 is 1.39 bits per heavy atom. The molecule has 0 saturated heterocycles. The minimum absolute atomic E-state index is 0.298. The molecule has 2 N–H and O–H groups in total. The maximum Gasteiger partial charge on any atom is 0.240 e. The molecule has 0 radical (unpaired) electrons. The van der Waals surface area contributed by atoms with Crippen molar-refractivity contribution >= 4 is 26.0 Å². The molecule has 0 amide bonds. The lowest BCUT2D eigenvalue weighted by molar-refractivity contribution is 0.575. The van der Waals surface area contributed by atoms with Crippen LogP contribution in [0.5, 0.6) is 0 Å². The van der Waals surface area contributed by atoms with Gasteiger partial charge in [-0.3, -0.25) is 0 Å². The first-order valence-electron chi connectivity index (χ1n) is 7.53. The summed E-state index contributed by atoms with van der Waals surface area (Å²) in [6.07, 6.45) is 1.76. The Kier molecular flexibility index (Phi) is 6.77. The standard InChI is InChI=1S/C17H21BrN2O2S/c1-19-12-2-3-13-20-23(21,22)17-10-6-15(7-11-17)14-4-8-16(18)9-5-14/h4-11,19-20H,2-3,12-13H2,1H3. The lowest BCUT2D eigenvalue weighted by Crippen LogP contribution is -2.25. The van der Waals surface area contributed by atoms with Gasteiger partial charge in [-0.15, -0.1) is 0 Å². The van der Waals surface area contributed by atoms with Gasteiger partial charge in [-0.05, 0) is 61.8 Å². The van der Waals surface area contributed by atoms with E-state index in [9.17, 15) is 8.42 Å². The van der Waals surface area contributed by atoms with E-state index in [1.54, 1.807) is 12.1 Å². The molecule has 0 heterocycles. The van der Waals surface area contributed by atoms with Crippen molar-refractivity contribution < 1.29 is 8.42 Å². The van der Waals surface area contributed by atoms with Crippen LogP contribution in [0, 0.1) is 0 Å². The Labute approximate surface area is 146 Å². The number of hydrogen-bond acceptors (Lipinski definition) is 3. The average molecular weight is 397 g/mol. The van der Waals surface area contributed by atoms with E-state index in [4.69, 9.17) is 0 Å². The van der Waals surface area contributed by atoms with Gasteiger partial charge in [0.25, 0.3) is 0 Å². The van der Waals surface area contributed by atoms with Crippen molar-refractivity contribution in [1.29, 1.82) is 0 Å². The molecule has 4 nitrogen and oxygen atoms in total. The van der Waals surface area contributed by atoms with Crippen LogP contribution in [0.1, 0.15) is 12.8 Å². The summed E-state index contributed by atoms with van der Waals surface area (Å²) in [6.45, 7) is 1.35. The fourth-order valence-electron chi connectivity index (χ4n) is 2.19. The Bertz CT molecular complexity index is 713. The molecule has 0 aliphatic rings. The maximum atomic E-state index is 12.2. The van der Waals surface area contributed by atoms with Gasteiger partial charge in [0.2, 0.25) is 10.0 Å². The van der Waals surface area contributed by atoms with E-state index in [0.29, 0.717) is 11.4 Å². The number of halogens is 1. The van der Waals surface area contributed by atoms with Gasteiger partial charge in [0.1, 0.15) is 0 Å². The highest BCUT2D eigenvalue weighted by atomic mass is 79.9. The average Bonchev–Trinajstić information content (AvgIpc) is 2.55. The van der Waals surface area contributed by atoms with Crippen LogP contribution in [0.25, 0.3) is 11.1 Å². The fourth-order valence-corrected chi connectivity index (χ4v) is 3.52. The van der Waals surface area contributed by atoms with E-state index >= 15 is 0 Å². The third-order valence-corrected chi connectivity index (χ3v) is 5.49. The zero-order valence-electron chi connectivity index (χ0n) is 13.0. The second kappa shape index (κ2) is 8.59. The van der Waals surface area contributed by atoms with Crippen molar-refractivity contribution in [2.45, 2.75) is 17.7 Å². The highest BCUT2D eigenvalue weighted by Gasteiger charge is 2.13. The second-order valence-corrected chi connectivity index (χ2v) is 7.92. The Balaban J connectivity index is 2.02. The summed E-state index contributed by atoms with van der Waals surface area (Å²) in [5.41, 5.74) is 2.04. The van der Waals surface area contributed by atoms with Gasteiger partial charge in [-0.25, -0.2) is 13.1 Å². The molecule has 0 bridgehead atoms. The number of hydrogen-bond donors (Lipinski definition) is 2. The molecule has 23 heavy (non-hydrogen) atoms. The number of rotatable bonds is 8. The zero-order chi connectivity index (χ0) is 16.7. The van der Waals surface area contributed by atoms with Gasteiger partial charge in [0.05, 0.1) is 4.90 Å². The summed E-state index contributed by atoms with van der Waals surface area (Å²) in [7, 11) is -1.54. The monoisotopic (exact) mass is 396 g/mol. The number of benzene rings is 2. The van der Waals surface area contributed by atoms with Crippen molar-refractivity contribution in [3.8, 4) is 11.1 Å². The molecular weight excluding hydrogens is 376 g/mol. The van der Waals surface area contributed by atoms with Crippen LogP contribution in [0.3, 0.4) is 0 Å².